The molecule has 0 saturated heterocycles. The number of benzene rings is 1. The molecule has 7 heteroatoms. The topological polar surface area (TPSA) is 81.9 Å². The zero-order valence-corrected chi connectivity index (χ0v) is 14.9. The van der Waals surface area contributed by atoms with Crippen molar-refractivity contribution >= 4 is 5.91 Å². The van der Waals surface area contributed by atoms with Crippen molar-refractivity contribution in [1.29, 1.82) is 0 Å². The van der Waals surface area contributed by atoms with E-state index in [0.29, 0.717) is 23.6 Å². The molecule has 3 aromatic heterocycles. The van der Waals surface area contributed by atoms with Gasteiger partial charge in [-0.15, -0.1) is 0 Å². The first-order valence-electron chi connectivity index (χ1n) is 8.70. The zero-order chi connectivity index (χ0) is 19.2. The Morgan fingerprint density at radius 1 is 1.00 bits per heavy atom. The molecule has 28 heavy (non-hydrogen) atoms. The molecule has 0 bridgehead atoms. The molecular formula is C21H17N5O2. The van der Waals surface area contributed by atoms with Gasteiger partial charge >= 0.3 is 0 Å². The van der Waals surface area contributed by atoms with Gasteiger partial charge in [0.05, 0.1) is 11.8 Å². The largest absolute Gasteiger partial charge is 0.455 e. The van der Waals surface area contributed by atoms with E-state index in [1.54, 1.807) is 59.8 Å². The summed E-state index contributed by atoms with van der Waals surface area (Å²) in [7, 11) is 0. The number of pyridine rings is 2. The highest BCUT2D eigenvalue weighted by molar-refractivity contribution is 5.96. The Balaban J connectivity index is 1.43. The minimum atomic E-state index is -0.226. The van der Waals surface area contributed by atoms with Gasteiger partial charge in [0.15, 0.2) is 5.82 Å². The summed E-state index contributed by atoms with van der Waals surface area (Å²) in [5.41, 5.74) is 1.34. The van der Waals surface area contributed by atoms with E-state index in [1.807, 2.05) is 30.5 Å². The van der Waals surface area contributed by atoms with Crippen molar-refractivity contribution < 1.29 is 9.53 Å². The SMILES string of the molecule is O=C(NCc1ccc(-n2cccn2)nc1)c1ccccc1Oc1cccnc1. The summed E-state index contributed by atoms with van der Waals surface area (Å²) in [6.45, 7) is 0.354. The normalized spacial score (nSPS) is 10.4. The molecule has 0 saturated carbocycles. The summed E-state index contributed by atoms with van der Waals surface area (Å²) in [5, 5.41) is 7.04. The van der Waals surface area contributed by atoms with E-state index in [9.17, 15) is 4.79 Å². The van der Waals surface area contributed by atoms with Gasteiger partial charge in [-0.2, -0.15) is 5.10 Å². The lowest BCUT2D eigenvalue weighted by Crippen LogP contribution is -2.23. The van der Waals surface area contributed by atoms with Gasteiger partial charge in [-0.05, 0) is 42.0 Å². The average Bonchev–Trinajstić information content (AvgIpc) is 3.28. The van der Waals surface area contributed by atoms with Crippen LogP contribution in [0.5, 0.6) is 11.5 Å². The molecule has 0 aliphatic carbocycles. The van der Waals surface area contributed by atoms with Gasteiger partial charge in [-0.25, -0.2) is 9.67 Å². The van der Waals surface area contributed by atoms with Crippen LogP contribution in [0, 0.1) is 0 Å². The van der Waals surface area contributed by atoms with Crippen LogP contribution in [-0.4, -0.2) is 25.7 Å². The Hall–Kier alpha value is -4.00. The molecule has 0 aliphatic heterocycles. The van der Waals surface area contributed by atoms with Crippen molar-refractivity contribution in [3.63, 3.8) is 0 Å². The van der Waals surface area contributed by atoms with E-state index in [2.05, 4.69) is 20.4 Å². The molecule has 138 valence electrons. The predicted octanol–water partition coefficient (Wildman–Crippen LogP) is 3.38. The molecule has 7 nitrogen and oxygen atoms in total. The summed E-state index contributed by atoms with van der Waals surface area (Å²) in [6.07, 6.45) is 8.50. The molecule has 1 aromatic carbocycles. The van der Waals surface area contributed by atoms with E-state index >= 15 is 0 Å². The average molecular weight is 371 g/mol. The number of nitrogens with one attached hydrogen (secondary N) is 1. The lowest BCUT2D eigenvalue weighted by Gasteiger charge is -2.11. The summed E-state index contributed by atoms with van der Waals surface area (Å²) in [4.78, 5) is 21.0. The van der Waals surface area contributed by atoms with E-state index in [-0.39, 0.29) is 5.91 Å². The van der Waals surface area contributed by atoms with E-state index < -0.39 is 0 Å². The van der Waals surface area contributed by atoms with Gasteiger partial charge in [0, 0.05) is 31.3 Å². The zero-order valence-electron chi connectivity index (χ0n) is 14.9. The molecule has 1 N–H and O–H groups in total. The van der Waals surface area contributed by atoms with Crippen LogP contribution < -0.4 is 10.1 Å². The highest BCUT2D eigenvalue weighted by Crippen LogP contribution is 2.24. The van der Waals surface area contributed by atoms with Gasteiger partial charge < -0.3 is 10.1 Å². The lowest BCUT2D eigenvalue weighted by molar-refractivity contribution is 0.0948. The second-order valence-electron chi connectivity index (χ2n) is 5.94. The van der Waals surface area contributed by atoms with Crippen molar-refractivity contribution in [1.82, 2.24) is 25.1 Å². The Kier molecular flexibility index (Phi) is 5.06. The monoisotopic (exact) mass is 371 g/mol. The van der Waals surface area contributed by atoms with Crippen LogP contribution in [-0.2, 0) is 6.54 Å². The number of aromatic nitrogens is 4. The Morgan fingerprint density at radius 2 is 1.93 bits per heavy atom. The van der Waals surface area contributed by atoms with Crippen LogP contribution in [0.2, 0.25) is 0 Å². The molecular weight excluding hydrogens is 354 g/mol. The lowest BCUT2D eigenvalue weighted by atomic mass is 10.2. The van der Waals surface area contributed by atoms with Crippen LogP contribution in [0.1, 0.15) is 15.9 Å². The molecule has 0 atom stereocenters. The highest BCUT2D eigenvalue weighted by atomic mass is 16.5. The van der Waals surface area contributed by atoms with Crippen molar-refractivity contribution in [3.8, 4) is 17.3 Å². The number of ether oxygens (including phenoxy) is 1. The third-order valence-corrected chi connectivity index (χ3v) is 4.00. The van der Waals surface area contributed by atoms with Gasteiger partial charge in [0.2, 0.25) is 0 Å². The van der Waals surface area contributed by atoms with Crippen LogP contribution in [0.3, 0.4) is 0 Å². The van der Waals surface area contributed by atoms with Gasteiger partial charge in [-0.1, -0.05) is 18.2 Å². The number of hydrogen-bond acceptors (Lipinski definition) is 5. The third-order valence-electron chi connectivity index (χ3n) is 4.00. The van der Waals surface area contributed by atoms with Crippen molar-refractivity contribution in [2.75, 3.05) is 0 Å². The van der Waals surface area contributed by atoms with Crippen molar-refractivity contribution in [2.24, 2.45) is 0 Å². The van der Waals surface area contributed by atoms with E-state index in [1.165, 1.54) is 0 Å². The fraction of sp³-hybridized carbons (Fsp3) is 0.0476. The third kappa shape index (κ3) is 4.04. The molecule has 1 amide bonds. The molecule has 0 radical (unpaired) electrons. The maximum Gasteiger partial charge on any atom is 0.255 e. The highest BCUT2D eigenvalue weighted by Gasteiger charge is 2.13. The number of nitrogens with zero attached hydrogens (tertiary/aromatic N) is 4. The fourth-order valence-corrected chi connectivity index (χ4v) is 2.62. The first-order chi connectivity index (χ1) is 13.8. The summed E-state index contributed by atoms with van der Waals surface area (Å²) >= 11 is 0. The molecule has 0 fully saturated rings. The fourth-order valence-electron chi connectivity index (χ4n) is 2.62. The van der Waals surface area contributed by atoms with E-state index in [0.717, 1.165) is 11.4 Å². The number of rotatable bonds is 6. The molecule has 0 aliphatic rings. The standard InChI is InChI=1S/C21H17N5O2/c27-21(18-6-1-2-7-19(18)28-17-5-3-10-22-15-17)24-14-16-8-9-20(23-13-16)26-12-4-11-25-26/h1-13,15H,14H2,(H,24,27). The molecule has 4 aromatic rings. The number of carbonyl (C=O) groups excluding carboxylic acids is 1. The maximum absolute atomic E-state index is 12.6. The second kappa shape index (κ2) is 8.13. The second-order valence-corrected chi connectivity index (χ2v) is 5.94. The van der Waals surface area contributed by atoms with E-state index in [4.69, 9.17) is 4.74 Å². The summed E-state index contributed by atoms with van der Waals surface area (Å²) in [5.74, 6) is 1.53. The molecule has 3 heterocycles. The number of para-hydroxylation sites is 1. The van der Waals surface area contributed by atoms with Crippen molar-refractivity contribution in [2.45, 2.75) is 6.54 Å². The van der Waals surface area contributed by atoms with Gasteiger partial charge in [0.1, 0.15) is 11.5 Å². The van der Waals surface area contributed by atoms with Crippen LogP contribution in [0.15, 0.2) is 85.6 Å². The quantitative estimate of drug-likeness (QED) is 0.562. The smallest absolute Gasteiger partial charge is 0.255 e. The Morgan fingerprint density at radius 3 is 2.68 bits per heavy atom. The molecule has 4 rings (SSSR count). The Bertz CT molecular complexity index is 1050. The molecule has 0 unspecified atom stereocenters. The number of amides is 1. The predicted molar refractivity (Wildman–Crippen MR) is 103 cm³/mol. The summed E-state index contributed by atoms with van der Waals surface area (Å²) < 4.78 is 7.47. The van der Waals surface area contributed by atoms with Gasteiger partial charge in [-0.3, -0.25) is 9.78 Å². The summed E-state index contributed by atoms with van der Waals surface area (Å²) in [6, 6.07) is 16.2. The first-order valence-corrected chi connectivity index (χ1v) is 8.70. The Labute approximate surface area is 161 Å². The van der Waals surface area contributed by atoms with Crippen LogP contribution in [0.25, 0.3) is 5.82 Å². The number of carbonyl (C=O) groups is 1. The van der Waals surface area contributed by atoms with Crippen LogP contribution >= 0.6 is 0 Å². The molecule has 0 spiro atoms. The number of hydrogen-bond donors (Lipinski definition) is 1. The van der Waals surface area contributed by atoms with Crippen LogP contribution in [0.4, 0.5) is 0 Å². The van der Waals surface area contributed by atoms with Gasteiger partial charge in [0.25, 0.3) is 5.91 Å². The minimum absolute atomic E-state index is 0.226. The minimum Gasteiger partial charge on any atom is -0.455 e. The maximum atomic E-state index is 12.6. The first kappa shape index (κ1) is 17.4. The van der Waals surface area contributed by atoms with Crippen molar-refractivity contribution in [3.05, 3.63) is 96.7 Å².